The summed E-state index contributed by atoms with van der Waals surface area (Å²) < 4.78 is 0. The third-order valence-electron chi connectivity index (χ3n) is 7.86. The minimum absolute atomic E-state index is 0.0393. The number of amides is 2. The van der Waals surface area contributed by atoms with Crippen molar-refractivity contribution in [1.29, 1.82) is 0 Å². The molecule has 10 nitrogen and oxygen atoms in total. The highest BCUT2D eigenvalue weighted by Crippen LogP contribution is 2.52. The molecular formula is C29H31N3O7S. The minimum atomic E-state index is -1.19. The maximum atomic E-state index is 13.5. The van der Waals surface area contributed by atoms with Gasteiger partial charge in [-0.15, -0.1) is 11.8 Å². The molecule has 2 saturated heterocycles. The molecule has 0 aromatic heterocycles. The highest BCUT2D eigenvalue weighted by molar-refractivity contribution is 8.03. The van der Waals surface area contributed by atoms with Crippen LogP contribution in [0.3, 0.4) is 0 Å². The fourth-order valence-electron chi connectivity index (χ4n) is 6.06. The first-order chi connectivity index (χ1) is 19.1. The number of phenolic OH excluding ortho intramolecular Hbond substituents is 1. The number of rotatable bonds is 9. The number of benzene rings is 2. The van der Waals surface area contributed by atoms with E-state index in [1.54, 1.807) is 49.4 Å². The zero-order valence-electron chi connectivity index (χ0n) is 22.1. The van der Waals surface area contributed by atoms with E-state index in [4.69, 9.17) is 0 Å². The Kier molecular flexibility index (Phi) is 7.72. The smallest absolute Gasteiger partial charge is 0.353 e. The van der Waals surface area contributed by atoms with Gasteiger partial charge in [0, 0.05) is 40.4 Å². The van der Waals surface area contributed by atoms with Crippen LogP contribution in [0, 0.1) is 11.8 Å². The van der Waals surface area contributed by atoms with Gasteiger partial charge in [0.05, 0.1) is 24.1 Å². The predicted octanol–water partition coefficient (Wildman–Crippen LogP) is 2.67. The predicted molar refractivity (Wildman–Crippen MR) is 148 cm³/mol. The molecular weight excluding hydrogens is 534 g/mol. The quantitative estimate of drug-likeness (QED) is 0.266. The van der Waals surface area contributed by atoms with Crippen LogP contribution in [0.5, 0.6) is 5.75 Å². The molecule has 0 spiro atoms. The van der Waals surface area contributed by atoms with Gasteiger partial charge in [0.1, 0.15) is 17.7 Å². The topological polar surface area (TPSA) is 147 Å². The van der Waals surface area contributed by atoms with Crippen molar-refractivity contribution in [3.63, 3.8) is 0 Å². The number of nitrogens with zero attached hydrogens (tertiary/aromatic N) is 2. The van der Waals surface area contributed by atoms with Crippen LogP contribution in [-0.2, 0) is 20.9 Å². The van der Waals surface area contributed by atoms with Crippen LogP contribution in [0.4, 0.5) is 5.69 Å². The van der Waals surface area contributed by atoms with Gasteiger partial charge in [-0.2, -0.15) is 0 Å². The molecule has 11 heteroatoms. The lowest BCUT2D eigenvalue weighted by atomic mass is 9.79. The van der Waals surface area contributed by atoms with E-state index in [9.17, 15) is 34.5 Å². The van der Waals surface area contributed by atoms with Crippen molar-refractivity contribution in [1.82, 2.24) is 9.80 Å². The summed E-state index contributed by atoms with van der Waals surface area (Å²) >= 11 is 1.38. The summed E-state index contributed by atoms with van der Waals surface area (Å²) in [6.07, 6.45) is 0.244. The first-order valence-electron chi connectivity index (χ1n) is 13.1. The van der Waals surface area contributed by atoms with Gasteiger partial charge < -0.3 is 25.5 Å². The van der Waals surface area contributed by atoms with Crippen molar-refractivity contribution in [2.75, 3.05) is 11.9 Å². The second-order valence-electron chi connectivity index (χ2n) is 10.6. The molecule has 0 radical (unpaired) electrons. The molecule has 2 aromatic rings. The minimum Gasteiger partial charge on any atom is -0.508 e. The van der Waals surface area contributed by atoms with Gasteiger partial charge in [-0.1, -0.05) is 31.2 Å². The number of likely N-dealkylation sites (tertiary alicyclic amines) is 1. The van der Waals surface area contributed by atoms with Crippen molar-refractivity contribution in [3.05, 3.63) is 70.3 Å². The third-order valence-corrected chi connectivity index (χ3v) is 9.35. The summed E-state index contributed by atoms with van der Waals surface area (Å²) in [4.78, 5) is 53.5. The summed E-state index contributed by atoms with van der Waals surface area (Å²) in [6.45, 7) is 4.27. The lowest BCUT2D eigenvalue weighted by molar-refractivity contribution is -0.163. The molecule has 2 aromatic carbocycles. The summed E-state index contributed by atoms with van der Waals surface area (Å²) in [7, 11) is 0. The number of hydrogen-bond acceptors (Lipinski definition) is 8. The average Bonchev–Trinajstić information content (AvgIpc) is 3.40. The Morgan fingerprint density at radius 1 is 1.20 bits per heavy atom. The number of fused-ring (bicyclic) bond motifs is 1. The van der Waals surface area contributed by atoms with Crippen LogP contribution in [0.1, 0.15) is 36.2 Å². The van der Waals surface area contributed by atoms with Gasteiger partial charge >= 0.3 is 5.97 Å². The monoisotopic (exact) mass is 565 g/mol. The van der Waals surface area contributed by atoms with Gasteiger partial charge in [-0.05, 0) is 43.2 Å². The zero-order valence-corrected chi connectivity index (χ0v) is 22.9. The van der Waals surface area contributed by atoms with E-state index in [2.05, 4.69) is 5.32 Å². The van der Waals surface area contributed by atoms with Gasteiger partial charge in [0.25, 0.3) is 0 Å². The molecule has 40 heavy (non-hydrogen) atoms. The molecule has 6 atom stereocenters. The van der Waals surface area contributed by atoms with E-state index in [0.29, 0.717) is 42.0 Å². The molecule has 2 amide bonds. The molecule has 0 unspecified atom stereocenters. The fraction of sp³-hybridized carbons (Fsp3) is 0.379. The molecule has 210 valence electrons. The number of aromatic hydroxyl groups is 1. The number of carboxylic acids is 1. The number of aliphatic hydroxyl groups is 1. The van der Waals surface area contributed by atoms with Crippen molar-refractivity contribution in [2.45, 2.75) is 50.3 Å². The van der Waals surface area contributed by atoms with Gasteiger partial charge in [-0.3, -0.25) is 19.3 Å². The summed E-state index contributed by atoms with van der Waals surface area (Å²) in [5, 5.41) is 32.8. The number of carboxylic acid groups (broad SMARTS) is 1. The van der Waals surface area contributed by atoms with E-state index in [-0.39, 0.29) is 34.4 Å². The number of thioether (sulfide) groups is 1. The average molecular weight is 566 g/mol. The molecule has 3 aliphatic rings. The van der Waals surface area contributed by atoms with Crippen LogP contribution in [0.15, 0.2) is 59.1 Å². The number of carbonyl (C=O) groups is 4. The van der Waals surface area contributed by atoms with Gasteiger partial charge in [0.2, 0.25) is 11.8 Å². The van der Waals surface area contributed by atoms with Crippen LogP contribution >= 0.6 is 11.8 Å². The second-order valence-corrected chi connectivity index (χ2v) is 11.9. The van der Waals surface area contributed by atoms with E-state index in [1.165, 1.54) is 16.7 Å². The number of carbonyl (C=O) groups excluding carboxylic acids is 3. The van der Waals surface area contributed by atoms with Gasteiger partial charge in [0.15, 0.2) is 0 Å². The Morgan fingerprint density at radius 2 is 1.95 bits per heavy atom. The van der Waals surface area contributed by atoms with Crippen molar-refractivity contribution in [3.8, 4) is 5.75 Å². The molecule has 2 fully saturated rings. The van der Waals surface area contributed by atoms with E-state index >= 15 is 0 Å². The first-order valence-corrected chi connectivity index (χ1v) is 14.0. The number of nitrogens with one attached hydrogen (secondary N) is 1. The Labute approximate surface area is 235 Å². The molecule has 4 N–H and O–H groups in total. The Morgan fingerprint density at radius 3 is 2.62 bits per heavy atom. The summed E-state index contributed by atoms with van der Waals surface area (Å²) in [5.74, 6) is -2.63. The highest BCUT2D eigenvalue weighted by Gasteiger charge is 2.60. The Balaban J connectivity index is 1.39. The number of anilines is 1. The van der Waals surface area contributed by atoms with Crippen LogP contribution < -0.4 is 5.32 Å². The normalized spacial score (nSPS) is 26.8. The van der Waals surface area contributed by atoms with Crippen LogP contribution in [0.25, 0.3) is 0 Å². The Bertz CT molecular complexity index is 1390. The molecule has 3 aliphatic heterocycles. The SMILES string of the molecule is C[C@@H](O)[C@H]1C(=O)N2C(C(=O)O)=C(S[C@H]3C[C@@H](C(=O)Nc4cccc(C=O)c4)N(Cc4cccc(O)c4)C3)[C@H](C)[C@H]12. The molecule has 0 aliphatic carbocycles. The first kappa shape index (κ1) is 27.9. The zero-order chi connectivity index (χ0) is 28.7. The number of aldehydes is 1. The maximum Gasteiger partial charge on any atom is 0.353 e. The van der Waals surface area contributed by atoms with Crippen molar-refractivity contribution >= 4 is 41.5 Å². The van der Waals surface area contributed by atoms with Crippen molar-refractivity contribution in [2.24, 2.45) is 11.8 Å². The second kappa shape index (κ2) is 11.1. The third kappa shape index (κ3) is 5.12. The van der Waals surface area contributed by atoms with Crippen LogP contribution in [-0.4, -0.2) is 79.2 Å². The van der Waals surface area contributed by atoms with E-state index < -0.39 is 30.1 Å². The fourth-order valence-corrected chi connectivity index (χ4v) is 7.61. The number of aliphatic hydroxyl groups excluding tert-OH is 1. The molecule has 3 heterocycles. The summed E-state index contributed by atoms with van der Waals surface area (Å²) in [6, 6.07) is 12.5. The molecule has 5 rings (SSSR count). The number of phenols is 1. The Hall–Kier alpha value is -3.67. The van der Waals surface area contributed by atoms with E-state index in [1.807, 2.05) is 17.9 Å². The van der Waals surface area contributed by atoms with E-state index in [0.717, 1.165) is 5.56 Å². The lowest BCUT2D eigenvalue weighted by Gasteiger charge is -2.46. The number of β-lactam (4-membered cyclic amide) rings is 1. The van der Waals surface area contributed by atoms with Gasteiger partial charge in [-0.25, -0.2) is 4.79 Å². The van der Waals surface area contributed by atoms with Crippen LogP contribution in [0.2, 0.25) is 0 Å². The standard InChI is InChI=1S/C29H31N3O7S/c1-15-24-23(16(2)34)28(37)32(24)25(29(38)39)26(15)40-21-11-22(27(36)30-19-7-3-6-18(9-19)14-33)31(13-21)12-17-5-4-8-20(35)10-17/h3-10,14-16,21-24,34-35H,11-13H2,1-2H3,(H,30,36)(H,38,39)/t15-,16-,21+,22+,23-,24-/m1/s1. The molecule has 0 bridgehead atoms. The largest absolute Gasteiger partial charge is 0.508 e. The number of aliphatic carboxylic acids is 1. The summed E-state index contributed by atoms with van der Waals surface area (Å²) in [5.41, 5.74) is 1.71. The lowest BCUT2D eigenvalue weighted by Crippen LogP contribution is -2.63. The number of hydrogen-bond donors (Lipinski definition) is 4. The molecule has 0 saturated carbocycles. The maximum absolute atomic E-state index is 13.5. The van der Waals surface area contributed by atoms with Crippen molar-refractivity contribution < 1.29 is 34.5 Å². The highest BCUT2D eigenvalue weighted by atomic mass is 32.2.